The topological polar surface area (TPSA) is 60.2 Å². The van der Waals surface area contributed by atoms with E-state index in [1.165, 1.54) is 16.3 Å². The molecular weight excluding hydrogens is 282 g/mol. The van der Waals surface area contributed by atoms with E-state index in [1.54, 1.807) is 16.4 Å². The maximum Gasteiger partial charge on any atom is 0.209 e. The van der Waals surface area contributed by atoms with E-state index in [2.05, 4.69) is 63.3 Å². The van der Waals surface area contributed by atoms with E-state index < -0.39 is 0 Å². The van der Waals surface area contributed by atoms with Crippen molar-refractivity contribution in [2.45, 2.75) is 11.7 Å². The molecule has 0 saturated carbocycles. The van der Waals surface area contributed by atoms with Crippen LogP contribution in [0.25, 0.3) is 10.8 Å². The molecule has 0 fully saturated rings. The molecule has 0 radical (unpaired) electrons. The van der Waals surface area contributed by atoms with E-state index >= 15 is 0 Å². The van der Waals surface area contributed by atoms with Crippen LogP contribution in [0.5, 0.6) is 0 Å². The number of quaternary nitrogens is 1. The van der Waals surface area contributed by atoms with E-state index in [0.717, 1.165) is 24.0 Å². The zero-order valence-electron chi connectivity index (χ0n) is 11.9. The smallest absolute Gasteiger partial charge is 0.209 e. The van der Waals surface area contributed by atoms with Crippen molar-refractivity contribution >= 4 is 22.5 Å². The number of nitrogens with two attached hydrogens (primary N) is 1. The van der Waals surface area contributed by atoms with Gasteiger partial charge in [0.05, 0.1) is 12.3 Å². The summed E-state index contributed by atoms with van der Waals surface area (Å²) in [4.78, 5) is 0. The lowest BCUT2D eigenvalue weighted by atomic mass is 10.0. The van der Waals surface area contributed by atoms with Crippen molar-refractivity contribution in [3.8, 4) is 0 Å². The van der Waals surface area contributed by atoms with Crippen LogP contribution in [0.4, 0.5) is 0 Å². The minimum atomic E-state index is 0.869. The van der Waals surface area contributed by atoms with E-state index in [0.29, 0.717) is 0 Å². The van der Waals surface area contributed by atoms with E-state index in [9.17, 15) is 0 Å². The Labute approximate surface area is 127 Å². The Bertz CT molecular complexity index is 719. The van der Waals surface area contributed by atoms with Crippen LogP contribution in [0.3, 0.4) is 0 Å². The Hall–Kier alpha value is -1.92. The lowest BCUT2D eigenvalue weighted by Gasteiger charge is -2.05. The number of rotatable bonds is 6. The fourth-order valence-electron chi connectivity index (χ4n) is 2.31. The van der Waals surface area contributed by atoms with Gasteiger partial charge in [0.25, 0.3) is 0 Å². The van der Waals surface area contributed by atoms with Crippen molar-refractivity contribution < 1.29 is 5.32 Å². The molecule has 1 aromatic heterocycles. The van der Waals surface area contributed by atoms with Gasteiger partial charge in [-0.2, -0.15) is 0 Å². The average molecular weight is 300 g/mol. The van der Waals surface area contributed by atoms with Gasteiger partial charge in [0.1, 0.15) is 6.54 Å². The molecule has 3 rings (SSSR count). The number of tetrazole rings is 1. The molecule has 3 aromatic rings. The Morgan fingerprint density at radius 2 is 2.00 bits per heavy atom. The van der Waals surface area contributed by atoms with Crippen molar-refractivity contribution in [3.63, 3.8) is 0 Å². The highest BCUT2D eigenvalue weighted by molar-refractivity contribution is 7.99. The SMILES string of the molecule is Cn1nnnc1SCC[NH2+]Cc1cccc2ccccc12. The highest BCUT2D eigenvalue weighted by atomic mass is 32.2. The summed E-state index contributed by atoms with van der Waals surface area (Å²) in [6.07, 6.45) is 0. The van der Waals surface area contributed by atoms with Crippen molar-refractivity contribution in [3.05, 3.63) is 48.0 Å². The largest absolute Gasteiger partial charge is 0.342 e. The van der Waals surface area contributed by atoms with E-state index in [1.807, 2.05) is 7.05 Å². The Morgan fingerprint density at radius 1 is 1.14 bits per heavy atom. The molecule has 0 aliphatic rings. The van der Waals surface area contributed by atoms with Gasteiger partial charge < -0.3 is 5.32 Å². The third kappa shape index (κ3) is 3.40. The maximum absolute atomic E-state index is 3.96. The number of hydrogen-bond donors (Lipinski definition) is 1. The van der Waals surface area contributed by atoms with Gasteiger partial charge in [0, 0.05) is 12.6 Å². The van der Waals surface area contributed by atoms with Crippen molar-refractivity contribution in [1.29, 1.82) is 0 Å². The summed E-state index contributed by atoms with van der Waals surface area (Å²) in [5.41, 5.74) is 1.39. The molecule has 0 bridgehead atoms. The molecule has 0 aliphatic heterocycles. The second-order valence-corrected chi connectivity index (χ2v) is 5.92. The zero-order valence-corrected chi connectivity index (χ0v) is 12.8. The molecule has 0 unspecified atom stereocenters. The summed E-state index contributed by atoms with van der Waals surface area (Å²) in [6, 6.07) is 15.0. The normalized spacial score (nSPS) is 11.1. The summed E-state index contributed by atoms with van der Waals surface area (Å²) in [5.74, 6) is 0.999. The highest BCUT2D eigenvalue weighted by Crippen LogP contribution is 2.17. The maximum atomic E-state index is 3.96. The van der Waals surface area contributed by atoms with Crippen molar-refractivity contribution in [1.82, 2.24) is 20.2 Å². The molecule has 0 aliphatic carbocycles. The lowest BCUT2D eigenvalue weighted by Crippen LogP contribution is -2.83. The molecule has 6 heteroatoms. The summed E-state index contributed by atoms with van der Waals surface area (Å²) >= 11 is 1.69. The zero-order chi connectivity index (χ0) is 14.5. The number of nitrogens with zero attached hydrogens (tertiary/aromatic N) is 4. The minimum Gasteiger partial charge on any atom is -0.342 e. The van der Waals surface area contributed by atoms with E-state index in [4.69, 9.17) is 0 Å². The second-order valence-electron chi connectivity index (χ2n) is 4.85. The number of aromatic nitrogens is 4. The first-order chi connectivity index (χ1) is 10.3. The fraction of sp³-hybridized carbons (Fsp3) is 0.267. The lowest BCUT2D eigenvalue weighted by molar-refractivity contribution is -0.666. The quantitative estimate of drug-likeness (QED) is 0.549. The van der Waals surface area contributed by atoms with Crippen LogP contribution in [0.1, 0.15) is 5.56 Å². The van der Waals surface area contributed by atoms with Crippen LogP contribution in [-0.2, 0) is 13.6 Å². The first-order valence-corrected chi connectivity index (χ1v) is 7.96. The van der Waals surface area contributed by atoms with Gasteiger partial charge in [-0.05, 0) is 21.2 Å². The predicted molar refractivity (Wildman–Crippen MR) is 84.0 cm³/mol. The van der Waals surface area contributed by atoms with Gasteiger partial charge in [-0.15, -0.1) is 5.10 Å². The Morgan fingerprint density at radius 3 is 2.86 bits per heavy atom. The van der Waals surface area contributed by atoms with Gasteiger partial charge in [-0.1, -0.05) is 54.2 Å². The molecule has 0 spiro atoms. The summed E-state index contributed by atoms with van der Waals surface area (Å²) < 4.78 is 1.70. The van der Waals surface area contributed by atoms with Crippen molar-refractivity contribution in [2.24, 2.45) is 7.05 Å². The Kier molecular flexibility index (Phi) is 4.47. The van der Waals surface area contributed by atoms with Gasteiger partial charge in [-0.3, -0.25) is 0 Å². The van der Waals surface area contributed by atoms with Crippen LogP contribution < -0.4 is 5.32 Å². The molecule has 0 saturated heterocycles. The molecule has 2 aromatic carbocycles. The molecule has 108 valence electrons. The molecular formula is C15H18N5S+. The van der Waals surface area contributed by atoms with Crippen LogP contribution in [0, 0.1) is 0 Å². The standard InChI is InChI=1S/C15H17N5S/c1-20-15(17-18-19-20)21-10-9-16-11-13-7-4-6-12-5-2-3-8-14(12)13/h2-8,16H,9-11H2,1H3/p+1. The highest BCUT2D eigenvalue weighted by Gasteiger charge is 2.04. The van der Waals surface area contributed by atoms with Crippen LogP contribution >= 0.6 is 11.8 Å². The van der Waals surface area contributed by atoms with Gasteiger partial charge in [0.2, 0.25) is 5.16 Å². The van der Waals surface area contributed by atoms with Gasteiger partial charge in [-0.25, -0.2) is 4.68 Å². The molecule has 2 N–H and O–H groups in total. The number of benzene rings is 2. The molecule has 5 nitrogen and oxygen atoms in total. The molecule has 0 amide bonds. The summed E-state index contributed by atoms with van der Waals surface area (Å²) in [5, 5.41) is 17.3. The van der Waals surface area contributed by atoms with Crippen LogP contribution in [-0.4, -0.2) is 32.5 Å². The first-order valence-electron chi connectivity index (χ1n) is 6.98. The molecule has 0 atom stereocenters. The number of thioether (sulfide) groups is 1. The Balaban J connectivity index is 1.52. The van der Waals surface area contributed by atoms with Gasteiger partial charge in [0.15, 0.2) is 0 Å². The average Bonchev–Trinajstić information content (AvgIpc) is 2.92. The molecule has 1 heterocycles. The second kappa shape index (κ2) is 6.69. The van der Waals surface area contributed by atoms with Gasteiger partial charge >= 0.3 is 0 Å². The number of aryl methyl sites for hydroxylation is 1. The van der Waals surface area contributed by atoms with Crippen molar-refractivity contribution in [2.75, 3.05) is 12.3 Å². The number of fused-ring (bicyclic) bond motifs is 1. The monoisotopic (exact) mass is 300 g/mol. The third-order valence-corrected chi connectivity index (χ3v) is 4.42. The predicted octanol–water partition coefficient (Wildman–Crippen LogP) is 1.22. The first kappa shape index (κ1) is 14.0. The third-order valence-electron chi connectivity index (χ3n) is 3.38. The summed E-state index contributed by atoms with van der Waals surface area (Å²) in [7, 11) is 1.86. The summed E-state index contributed by atoms with van der Waals surface area (Å²) in [6.45, 7) is 2.04. The fourth-order valence-corrected chi connectivity index (χ4v) is 3.09. The van der Waals surface area contributed by atoms with Crippen LogP contribution in [0.2, 0.25) is 0 Å². The number of hydrogen-bond acceptors (Lipinski definition) is 4. The van der Waals surface area contributed by atoms with Crippen LogP contribution in [0.15, 0.2) is 47.6 Å². The molecule has 21 heavy (non-hydrogen) atoms. The minimum absolute atomic E-state index is 0.869. The van der Waals surface area contributed by atoms with E-state index in [-0.39, 0.29) is 0 Å².